The van der Waals surface area contributed by atoms with Gasteiger partial charge >= 0.3 is 0 Å². The van der Waals surface area contributed by atoms with E-state index in [9.17, 15) is 0 Å². The lowest BCUT2D eigenvalue weighted by Gasteiger charge is -2.09. The van der Waals surface area contributed by atoms with Crippen molar-refractivity contribution in [3.8, 4) is 5.75 Å². The van der Waals surface area contributed by atoms with Crippen molar-refractivity contribution in [2.45, 2.75) is 13.5 Å². The summed E-state index contributed by atoms with van der Waals surface area (Å²) in [5, 5.41) is 5.47. The lowest BCUT2D eigenvalue weighted by molar-refractivity contribution is 0.415. The molecule has 0 saturated heterocycles. The number of hydrogen-bond acceptors (Lipinski definition) is 5. The third-order valence-electron chi connectivity index (χ3n) is 3.24. The Labute approximate surface area is 123 Å². The van der Waals surface area contributed by atoms with Crippen LogP contribution in [0.2, 0.25) is 0 Å². The van der Waals surface area contributed by atoms with Gasteiger partial charge in [-0.1, -0.05) is 6.07 Å². The highest BCUT2D eigenvalue weighted by molar-refractivity contribution is 5.92. The molecule has 0 fully saturated rings. The highest BCUT2D eigenvalue weighted by Crippen LogP contribution is 2.25. The smallest absolute Gasteiger partial charge is 0.134 e. The predicted molar refractivity (Wildman–Crippen MR) is 82.4 cm³/mol. The van der Waals surface area contributed by atoms with Crippen molar-refractivity contribution in [1.82, 2.24) is 15.0 Å². The number of fused-ring (bicyclic) bond motifs is 1. The SMILES string of the molecule is COc1ccc2ccnc(NCc3ccnc(C)n3)c2c1. The summed E-state index contributed by atoms with van der Waals surface area (Å²) in [6.07, 6.45) is 3.56. The van der Waals surface area contributed by atoms with E-state index in [1.54, 1.807) is 19.5 Å². The average molecular weight is 280 g/mol. The van der Waals surface area contributed by atoms with Crippen molar-refractivity contribution in [3.63, 3.8) is 0 Å². The number of ether oxygens (including phenoxy) is 1. The molecule has 0 radical (unpaired) electrons. The molecule has 0 spiro atoms. The van der Waals surface area contributed by atoms with Crippen molar-refractivity contribution in [1.29, 1.82) is 0 Å². The number of methoxy groups -OCH3 is 1. The zero-order valence-electron chi connectivity index (χ0n) is 12.0. The Bertz CT molecular complexity index is 773. The summed E-state index contributed by atoms with van der Waals surface area (Å²) in [5.41, 5.74) is 0.934. The van der Waals surface area contributed by atoms with Gasteiger partial charge in [-0.05, 0) is 36.6 Å². The van der Waals surface area contributed by atoms with Crippen LogP contribution in [-0.2, 0) is 6.54 Å². The molecule has 3 rings (SSSR count). The van der Waals surface area contributed by atoms with E-state index >= 15 is 0 Å². The van der Waals surface area contributed by atoms with Crippen LogP contribution < -0.4 is 10.1 Å². The molecule has 106 valence electrons. The molecular weight excluding hydrogens is 264 g/mol. The van der Waals surface area contributed by atoms with Gasteiger partial charge in [0, 0.05) is 17.8 Å². The van der Waals surface area contributed by atoms with Crippen LogP contribution in [-0.4, -0.2) is 22.1 Å². The maximum absolute atomic E-state index is 5.28. The third-order valence-corrected chi connectivity index (χ3v) is 3.24. The van der Waals surface area contributed by atoms with Crippen LogP contribution in [0.1, 0.15) is 11.5 Å². The fourth-order valence-corrected chi connectivity index (χ4v) is 2.19. The maximum Gasteiger partial charge on any atom is 0.134 e. The van der Waals surface area contributed by atoms with Crippen molar-refractivity contribution in [2.75, 3.05) is 12.4 Å². The number of nitrogens with zero attached hydrogens (tertiary/aromatic N) is 3. The predicted octanol–water partition coefficient (Wildman–Crippen LogP) is 2.95. The van der Waals surface area contributed by atoms with Crippen LogP contribution in [0.15, 0.2) is 42.7 Å². The Kier molecular flexibility index (Phi) is 3.64. The van der Waals surface area contributed by atoms with Crippen molar-refractivity contribution >= 4 is 16.6 Å². The number of nitrogens with one attached hydrogen (secondary N) is 1. The molecule has 1 N–H and O–H groups in total. The molecule has 1 aromatic carbocycles. The number of pyridine rings is 1. The Morgan fingerprint density at radius 2 is 1.95 bits per heavy atom. The van der Waals surface area contributed by atoms with Gasteiger partial charge in [-0.3, -0.25) is 0 Å². The number of aromatic nitrogens is 3. The fraction of sp³-hybridized carbons (Fsp3) is 0.188. The van der Waals surface area contributed by atoms with Crippen LogP contribution in [0.25, 0.3) is 10.8 Å². The lowest BCUT2D eigenvalue weighted by atomic mass is 10.1. The van der Waals surface area contributed by atoms with E-state index in [0.717, 1.165) is 33.9 Å². The Morgan fingerprint density at radius 3 is 2.76 bits per heavy atom. The third kappa shape index (κ3) is 2.91. The normalized spacial score (nSPS) is 10.6. The summed E-state index contributed by atoms with van der Waals surface area (Å²) in [5.74, 6) is 2.40. The largest absolute Gasteiger partial charge is 0.497 e. The first-order valence-electron chi connectivity index (χ1n) is 6.71. The van der Waals surface area contributed by atoms with Gasteiger partial charge in [0.15, 0.2) is 0 Å². The number of rotatable bonds is 4. The second-order valence-electron chi connectivity index (χ2n) is 4.70. The van der Waals surface area contributed by atoms with Gasteiger partial charge in [-0.2, -0.15) is 0 Å². The summed E-state index contributed by atoms with van der Waals surface area (Å²) in [4.78, 5) is 12.9. The van der Waals surface area contributed by atoms with Crippen LogP contribution in [0.4, 0.5) is 5.82 Å². The Hall–Kier alpha value is -2.69. The molecule has 5 nitrogen and oxygen atoms in total. The van der Waals surface area contributed by atoms with E-state index in [1.165, 1.54) is 0 Å². The van der Waals surface area contributed by atoms with Crippen molar-refractivity contribution < 1.29 is 4.74 Å². The molecule has 2 aromatic heterocycles. The Balaban J connectivity index is 1.89. The highest BCUT2D eigenvalue weighted by Gasteiger charge is 2.04. The number of hydrogen-bond donors (Lipinski definition) is 1. The molecule has 2 heterocycles. The molecule has 21 heavy (non-hydrogen) atoms. The van der Waals surface area contributed by atoms with Crippen molar-refractivity contribution in [3.05, 3.63) is 54.2 Å². The topological polar surface area (TPSA) is 59.9 Å². The molecule has 0 amide bonds. The van der Waals surface area contributed by atoms with E-state index < -0.39 is 0 Å². The Morgan fingerprint density at radius 1 is 1.10 bits per heavy atom. The molecule has 0 aliphatic carbocycles. The summed E-state index contributed by atoms with van der Waals surface area (Å²) < 4.78 is 5.28. The fourth-order valence-electron chi connectivity index (χ4n) is 2.19. The first-order chi connectivity index (χ1) is 10.3. The quantitative estimate of drug-likeness (QED) is 0.796. The minimum absolute atomic E-state index is 0.604. The number of benzene rings is 1. The summed E-state index contributed by atoms with van der Waals surface area (Å²) in [6.45, 7) is 2.48. The van der Waals surface area contributed by atoms with Gasteiger partial charge < -0.3 is 10.1 Å². The molecule has 0 bridgehead atoms. The molecule has 0 aliphatic heterocycles. The number of anilines is 1. The zero-order chi connectivity index (χ0) is 14.7. The molecular formula is C16H16N4O. The summed E-state index contributed by atoms with van der Waals surface area (Å²) >= 11 is 0. The van der Waals surface area contributed by atoms with E-state index in [-0.39, 0.29) is 0 Å². The van der Waals surface area contributed by atoms with Crippen LogP contribution in [0.5, 0.6) is 5.75 Å². The standard InChI is InChI=1S/C16H16N4O/c1-11-17-8-6-13(20-11)10-19-16-15-9-14(21-2)4-3-12(15)5-7-18-16/h3-9H,10H2,1-2H3,(H,18,19). The average Bonchev–Trinajstić information content (AvgIpc) is 2.52. The van der Waals surface area contributed by atoms with Gasteiger partial charge in [-0.25, -0.2) is 15.0 Å². The molecule has 3 aromatic rings. The van der Waals surface area contributed by atoms with Crippen LogP contribution in [0.3, 0.4) is 0 Å². The van der Waals surface area contributed by atoms with Crippen LogP contribution >= 0.6 is 0 Å². The van der Waals surface area contributed by atoms with E-state index in [2.05, 4.69) is 20.3 Å². The molecule has 5 heteroatoms. The minimum atomic E-state index is 0.604. The van der Waals surface area contributed by atoms with Crippen LogP contribution in [0, 0.1) is 6.92 Å². The van der Waals surface area contributed by atoms with Crippen molar-refractivity contribution in [2.24, 2.45) is 0 Å². The molecule has 0 unspecified atom stereocenters. The first-order valence-corrected chi connectivity index (χ1v) is 6.71. The first kappa shape index (κ1) is 13.3. The van der Waals surface area contributed by atoms with Gasteiger partial charge in [0.1, 0.15) is 17.4 Å². The minimum Gasteiger partial charge on any atom is -0.497 e. The maximum atomic E-state index is 5.28. The molecule has 0 saturated carbocycles. The van der Waals surface area contributed by atoms with E-state index in [1.807, 2.05) is 37.3 Å². The summed E-state index contributed by atoms with van der Waals surface area (Å²) in [6, 6.07) is 9.83. The van der Waals surface area contributed by atoms with Gasteiger partial charge in [0.25, 0.3) is 0 Å². The van der Waals surface area contributed by atoms with E-state index in [4.69, 9.17) is 4.74 Å². The van der Waals surface area contributed by atoms with Gasteiger partial charge in [-0.15, -0.1) is 0 Å². The van der Waals surface area contributed by atoms with E-state index in [0.29, 0.717) is 6.54 Å². The monoisotopic (exact) mass is 280 g/mol. The molecule has 0 atom stereocenters. The van der Waals surface area contributed by atoms with Gasteiger partial charge in [0.2, 0.25) is 0 Å². The lowest BCUT2D eigenvalue weighted by Crippen LogP contribution is -2.05. The van der Waals surface area contributed by atoms with Gasteiger partial charge in [0.05, 0.1) is 19.3 Å². The zero-order valence-corrected chi connectivity index (χ0v) is 12.0. The summed E-state index contributed by atoms with van der Waals surface area (Å²) in [7, 11) is 1.66. The highest BCUT2D eigenvalue weighted by atomic mass is 16.5. The second kappa shape index (κ2) is 5.75. The number of aryl methyl sites for hydroxylation is 1. The second-order valence-corrected chi connectivity index (χ2v) is 4.70. The molecule has 0 aliphatic rings.